The second-order valence-electron chi connectivity index (χ2n) is 12.6. The van der Waals surface area contributed by atoms with Crippen LogP contribution in [0, 0.1) is 11.8 Å². The molecule has 1 N–H and O–H groups in total. The summed E-state index contributed by atoms with van der Waals surface area (Å²) in [4.78, 5) is 0. The van der Waals surface area contributed by atoms with Gasteiger partial charge in [-0.25, -0.2) is 0 Å². The summed E-state index contributed by atoms with van der Waals surface area (Å²) in [6, 6.07) is 49.8. The molecule has 2 aliphatic rings. The van der Waals surface area contributed by atoms with E-state index in [1.807, 2.05) is 13.8 Å². The first kappa shape index (κ1) is 33.4. The fourth-order valence-electron chi connectivity index (χ4n) is 7.13. The van der Waals surface area contributed by atoms with Gasteiger partial charge in [-0.15, -0.1) is 0 Å². The Bertz CT molecular complexity index is 2390. The van der Waals surface area contributed by atoms with Crippen molar-refractivity contribution in [1.29, 1.82) is 0 Å². The summed E-state index contributed by atoms with van der Waals surface area (Å²) in [6.07, 6.45) is 15.3. The van der Waals surface area contributed by atoms with Crippen molar-refractivity contribution in [1.82, 2.24) is 0 Å². The molecule has 0 heterocycles. The van der Waals surface area contributed by atoms with Crippen LogP contribution in [0.2, 0.25) is 0 Å². The number of anilines is 1. The van der Waals surface area contributed by atoms with Crippen molar-refractivity contribution in [2.24, 2.45) is 0 Å². The molecule has 0 bridgehead atoms. The monoisotopic (exact) mass is 657 g/mol. The van der Waals surface area contributed by atoms with Crippen LogP contribution in [0.4, 0.5) is 5.69 Å². The van der Waals surface area contributed by atoms with Gasteiger partial charge in [0.2, 0.25) is 0 Å². The van der Waals surface area contributed by atoms with Crippen LogP contribution in [0.15, 0.2) is 176 Å². The lowest BCUT2D eigenvalue weighted by Gasteiger charge is -2.20. The van der Waals surface area contributed by atoms with E-state index in [4.69, 9.17) is 0 Å². The van der Waals surface area contributed by atoms with Crippen LogP contribution in [0.25, 0.3) is 43.8 Å². The smallest absolute Gasteiger partial charge is 0.0403 e. The van der Waals surface area contributed by atoms with E-state index >= 15 is 0 Å². The summed E-state index contributed by atoms with van der Waals surface area (Å²) in [7, 11) is 0. The predicted molar refractivity (Wildman–Crippen MR) is 222 cm³/mol. The Morgan fingerprint density at radius 3 is 2.04 bits per heavy atom. The van der Waals surface area contributed by atoms with Gasteiger partial charge in [0.05, 0.1) is 0 Å². The van der Waals surface area contributed by atoms with Gasteiger partial charge in [-0.1, -0.05) is 171 Å². The SMILES string of the molecule is C1#CC(c2cccc3ccccc23)=C(/C(=C\Nc2ccccc2)c2ccccc2C2=CC=CCCC2)C=C(c2cccc3ccccc23)C1.CC. The third-order valence-electron chi connectivity index (χ3n) is 9.54. The van der Waals surface area contributed by atoms with Crippen LogP contribution in [0.1, 0.15) is 61.8 Å². The number of allylic oxidation sites excluding steroid dienone is 9. The number of benzene rings is 6. The normalized spacial score (nSPS) is 14.4. The highest BCUT2D eigenvalue weighted by molar-refractivity contribution is 6.08. The van der Waals surface area contributed by atoms with E-state index in [0.29, 0.717) is 6.42 Å². The highest BCUT2D eigenvalue weighted by Gasteiger charge is 2.21. The Balaban J connectivity index is 0.00000200. The van der Waals surface area contributed by atoms with E-state index in [-0.39, 0.29) is 0 Å². The van der Waals surface area contributed by atoms with Gasteiger partial charge in [0.1, 0.15) is 0 Å². The summed E-state index contributed by atoms with van der Waals surface area (Å²) in [5, 5.41) is 8.58. The van der Waals surface area contributed by atoms with Crippen LogP contribution in [-0.4, -0.2) is 0 Å². The van der Waals surface area contributed by atoms with Crippen LogP contribution in [-0.2, 0) is 0 Å². The van der Waals surface area contributed by atoms with Crippen molar-refractivity contribution in [2.75, 3.05) is 5.32 Å². The molecule has 0 saturated heterocycles. The van der Waals surface area contributed by atoms with Crippen molar-refractivity contribution in [3.63, 3.8) is 0 Å². The first-order valence-corrected chi connectivity index (χ1v) is 18.2. The lowest BCUT2D eigenvalue weighted by Crippen LogP contribution is -2.02. The van der Waals surface area contributed by atoms with E-state index in [2.05, 4.69) is 187 Å². The van der Waals surface area contributed by atoms with Crippen LogP contribution >= 0.6 is 0 Å². The van der Waals surface area contributed by atoms with Gasteiger partial charge in [-0.2, -0.15) is 0 Å². The molecule has 6 aromatic rings. The van der Waals surface area contributed by atoms with E-state index in [1.54, 1.807) is 0 Å². The molecule has 0 amide bonds. The molecule has 0 aromatic heterocycles. The van der Waals surface area contributed by atoms with Crippen LogP contribution < -0.4 is 5.32 Å². The minimum absolute atomic E-state index is 0.656. The second-order valence-corrected chi connectivity index (χ2v) is 12.6. The largest absolute Gasteiger partial charge is 0.361 e. The molecular formula is C50H43N. The first-order chi connectivity index (χ1) is 25.3. The average Bonchev–Trinajstić information content (AvgIpc) is 3.61. The van der Waals surface area contributed by atoms with Gasteiger partial charge < -0.3 is 5.32 Å². The van der Waals surface area contributed by atoms with Gasteiger partial charge >= 0.3 is 0 Å². The second kappa shape index (κ2) is 16.1. The zero-order chi connectivity index (χ0) is 34.8. The molecule has 51 heavy (non-hydrogen) atoms. The van der Waals surface area contributed by atoms with Crippen molar-refractivity contribution in [2.45, 2.75) is 39.5 Å². The van der Waals surface area contributed by atoms with E-state index in [1.165, 1.54) is 49.4 Å². The van der Waals surface area contributed by atoms with E-state index in [9.17, 15) is 0 Å². The quantitative estimate of drug-likeness (QED) is 0.169. The van der Waals surface area contributed by atoms with Crippen LogP contribution in [0.3, 0.4) is 0 Å². The number of nitrogens with one attached hydrogen (secondary N) is 1. The minimum atomic E-state index is 0.656. The van der Waals surface area contributed by atoms with Crippen molar-refractivity contribution >= 4 is 49.5 Å². The van der Waals surface area contributed by atoms with E-state index < -0.39 is 0 Å². The van der Waals surface area contributed by atoms with Gasteiger partial charge in [0.15, 0.2) is 0 Å². The predicted octanol–water partition coefficient (Wildman–Crippen LogP) is 13.5. The van der Waals surface area contributed by atoms with Gasteiger partial charge in [0.25, 0.3) is 0 Å². The molecule has 6 aromatic carbocycles. The zero-order valence-corrected chi connectivity index (χ0v) is 29.5. The molecule has 0 aliphatic heterocycles. The Morgan fingerprint density at radius 2 is 1.25 bits per heavy atom. The highest BCUT2D eigenvalue weighted by atomic mass is 14.8. The van der Waals surface area contributed by atoms with Gasteiger partial charge in [-0.05, 0) is 92.4 Å². The molecule has 1 heteroatoms. The summed E-state index contributed by atoms with van der Waals surface area (Å²) in [6.45, 7) is 4.00. The highest BCUT2D eigenvalue weighted by Crippen LogP contribution is 2.41. The van der Waals surface area contributed by atoms with Crippen LogP contribution in [0.5, 0.6) is 0 Å². The topological polar surface area (TPSA) is 12.0 Å². The molecule has 2 aliphatic carbocycles. The summed E-state index contributed by atoms with van der Waals surface area (Å²) in [5.74, 6) is 7.35. The molecule has 8 rings (SSSR count). The molecule has 1 nitrogen and oxygen atoms in total. The maximum Gasteiger partial charge on any atom is 0.0403 e. The lowest BCUT2D eigenvalue weighted by molar-refractivity contribution is 0.886. The Labute approximate surface area is 303 Å². The summed E-state index contributed by atoms with van der Waals surface area (Å²) >= 11 is 0. The van der Waals surface area contributed by atoms with Crippen molar-refractivity contribution in [3.8, 4) is 11.8 Å². The standard InChI is InChI=1S/C48H37N.C2H6/c1-2-5-18-35(17-4-1)42-28-12-13-29-45(42)48(34-49-39-24-6-3-7-25-39)47-33-38(43-30-14-21-36-19-8-10-26-40(36)43)23-16-32-46(47)44-31-15-22-37-20-9-11-27-41(37)44;1-2/h1,3-4,6-15,17,19-22,24-31,33-34,49H,2,5,18,23H2;1-2H3/b48-34-;. The number of hydrogen-bond donors (Lipinski definition) is 1. The average molecular weight is 658 g/mol. The Morgan fingerprint density at radius 1 is 0.627 bits per heavy atom. The molecule has 0 radical (unpaired) electrons. The molecule has 0 unspecified atom stereocenters. The molecule has 0 atom stereocenters. The Hall–Kier alpha value is -6.10. The maximum atomic E-state index is 3.73. The number of para-hydroxylation sites is 1. The molecular weight excluding hydrogens is 615 g/mol. The first-order valence-electron chi connectivity index (χ1n) is 18.2. The molecule has 0 saturated carbocycles. The van der Waals surface area contributed by atoms with E-state index in [0.717, 1.165) is 47.2 Å². The number of fused-ring (bicyclic) bond motifs is 2. The van der Waals surface area contributed by atoms with Gasteiger partial charge in [0, 0.05) is 35.0 Å². The summed E-state index contributed by atoms with van der Waals surface area (Å²) < 4.78 is 0. The third kappa shape index (κ3) is 7.28. The zero-order valence-electron chi connectivity index (χ0n) is 29.5. The number of hydrogen-bond acceptors (Lipinski definition) is 1. The maximum absolute atomic E-state index is 3.73. The fourth-order valence-corrected chi connectivity index (χ4v) is 7.13. The van der Waals surface area contributed by atoms with Gasteiger partial charge in [-0.3, -0.25) is 0 Å². The molecule has 248 valence electrons. The Kier molecular flexibility index (Phi) is 10.5. The number of rotatable bonds is 7. The third-order valence-corrected chi connectivity index (χ3v) is 9.54. The molecule has 0 spiro atoms. The summed E-state index contributed by atoms with van der Waals surface area (Å²) in [5.41, 5.74) is 11.7. The van der Waals surface area contributed by atoms with Crippen molar-refractivity contribution < 1.29 is 0 Å². The molecule has 0 fully saturated rings. The minimum Gasteiger partial charge on any atom is -0.361 e. The van der Waals surface area contributed by atoms with Crippen molar-refractivity contribution in [3.05, 3.63) is 198 Å². The lowest BCUT2D eigenvalue weighted by atomic mass is 9.84. The fraction of sp³-hybridized carbons (Fsp3) is 0.120.